The molecule has 1 unspecified atom stereocenters. The van der Waals surface area contributed by atoms with Gasteiger partial charge in [0.15, 0.2) is 0 Å². The number of hydrogen-bond acceptors (Lipinski definition) is 3. The normalized spacial score (nSPS) is 20.0. The van der Waals surface area contributed by atoms with Gasteiger partial charge in [0.05, 0.1) is 6.10 Å². The number of aryl methyl sites for hydroxylation is 1. The lowest BCUT2D eigenvalue weighted by molar-refractivity contribution is -0.116. The summed E-state index contributed by atoms with van der Waals surface area (Å²) in [6, 6.07) is 5.48. The molecule has 1 aromatic carbocycles. The summed E-state index contributed by atoms with van der Waals surface area (Å²) in [5, 5.41) is 5.69. The Labute approximate surface area is 136 Å². The fourth-order valence-corrected chi connectivity index (χ4v) is 3.19. The Kier molecular flexibility index (Phi) is 4.81. The van der Waals surface area contributed by atoms with Crippen molar-refractivity contribution in [1.82, 2.24) is 5.32 Å². The minimum absolute atomic E-state index is 0.0564. The van der Waals surface area contributed by atoms with E-state index in [0.29, 0.717) is 6.54 Å². The average molecular weight is 317 g/mol. The number of rotatable bonds is 3. The van der Waals surface area contributed by atoms with E-state index in [2.05, 4.69) is 10.6 Å². The van der Waals surface area contributed by atoms with Gasteiger partial charge in [0.25, 0.3) is 0 Å². The minimum atomic E-state index is -0.223. The predicted octanol–water partition coefficient (Wildman–Crippen LogP) is 2.29. The summed E-state index contributed by atoms with van der Waals surface area (Å²) in [4.78, 5) is 25.4. The molecule has 1 atom stereocenters. The molecule has 2 heterocycles. The van der Waals surface area contributed by atoms with Crippen LogP contribution in [0.3, 0.4) is 0 Å². The average Bonchev–Trinajstić information content (AvgIpc) is 3.05. The van der Waals surface area contributed by atoms with Gasteiger partial charge in [0.1, 0.15) is 0 Å². The third-order valence-electron chi connectivity index (χ3n) is 4.35. The maximum absolute atomic E-state index is 12.0. The number of ether oxygens (including phenoxy) is 1. The first-order valence-corrected chi connectivity index (χ1v) is 8.21. The number of urea groups is 1. The van der Waals surface area contributed by atoms with Crippen molar-refractivity contribution in [2.24, 2.45) is 0 Å². The number of fused-ring (bicyclic) bond motifs is 1. The van der Waals surface area contributed by atoms with Crippen molar-refractivity contribution in [3.63, 3.8) is 0 Å². The summed E-state index contributed by atoms with van der Waals surface area (Å²) in [6.07, 6.45) is 4.06. The van der Waals surface area contributed by atoms with E-state index >= 15 is 0 Å². The third-order valence-corrected chi connectivity index (χ3v) is 4.35. The summed E-state index contributed by atoms with van der Waals surface area (Å²) < 4.78 is 5.48. The van der Waals surface area contributed by atoms with Crippen LogP contribution in [0, 0.1) is 0 Å². The van der Waals surface area contributed by atoms with Crippen molar-refractivity contribution in [1.29, 1.82) is 0 Å². The van der Waals surface area contributed by atoms with Crippen LogP contribution in [0.25, 0.3) is 0 Å². The van der Waals surface area contributed by atoms with Crippen LogP contribution in [0.1, 0.15) is 31.7 Å². The van der Waals surface area contributed by atoms with Crippen LogP contribution in [0.4, 0.5) is 16.2 Å². The standard InChI is InChI=1S/C17H23N3O3/c1-12(21)20-8-2-4-13-10-14(6-7-16(13)20)19-17(22)18-11-15-5-3-9-23-15/h6-7,10,15H,2-5,8-9,11H2,1H3,(H2,18,19,22). The molecule has 6 heteroatoms. The number of anilines is 2. The molecule has 0 aromatic heterocycles. The molecule has 2 N–H and O–H groups in total. The zero-order chi connectivity index (χ0) is 16.2. The van der Waals surface area contributed by atoms with Gasteiger partial charge in [-0.15, -0.1) is 0 Å². The monoisotopic (exact) mass is 317 g/mol. The molecule has 0 bridgehead atoms. The van der Waals surface area contributed by atoms with Crippen LogP contribution >= 0.6 is 0 Å². The number of amides is 3. The summed E-state index contributed by atoms with van der Waals surface area (Å²) in [7, 11) is 0. The van der Waals surface area contributed by atoms with E-state index in [9.17, 15) is 9.59 Å². The highest BCUT2D eigenvalue weighted by Crippen LogP contribution is 2.29. The number of carbonyl (C=O) groups is 2. The SMILES string of the molecule is CC(=O)N1CCCc2cc(NC(=O)NCC3CCCO3)ccc21. The molecule has 2 aliphatic heterocycles. The van der Waals surface area contributed by atoms with Crippen LogP contribution in [-0.4, -0.2) is 37.7 Å². The molecule has 1 fully saturated rings. The Hall–Kier alpha value is -2.08. The largest absolute Gasteiger partial charge is 0.376 e. The maximum atomic E-state index is 12.0. The lowest BCUT2D eigenvalue weighted by Gasteiger charge is -2.29. The van der Waals surface area contributed by atoms with Gasteiger partial charge in [-0.1, -0.05) is 0 Å². The maximum Gasteiger partial charge on any atom is 0.319 e. The Balaban J connectivity index is 1.60. The molecule has 6 nitrogen and oxygen atoms in total. The van der Waals surface area contributed by atoms with Crippen molar-refractivity contribution >= 4 is 23.3 Å². The second-order valence-electron chi connectivity index (χ2n) is 6.09. The van der Waals surface area contributed by atoms with Crippen LogP contribution in [0.5, 0.6) is 0 Å². The second kappa shape index (κ2) is 7.00. The van der Waals surface area contributed by atoms with Crippen molar-refractivity contribution in [2.75, 3.05) is 29.9 Å². The van der Waals surface area contributed by atoms with Crippen molar-refractivity contribution in [3.05, 3.63) is 23.8 Å². The molecule has 124 valence electrons. The van der Waals surface area contributed by atoms with E-state index in [1.807, 2.05) is 18.2 Å². The molecular formula is C17H23N3O3. The summed E-state index contributed by atoms with van der Waals surface area (Å²) in [5.41, 5.74) is 2.80. The molecule has 0 spiro atoms. The van der Waals surface area contributed by atoms with Crippen molar-refractivity contribution < 1.29 is 14.3 Å². The van der Waals surface area contributed by atoms with Gasteiger partial charge in [-0.25, -0.2) is 4.79 Å². The zero-order valence-corrected chi connectivity index (χ0v) is 13.4. The molecule has 3 rings (SSSR count). The molecule has 23 heavy (non-hydrogen) atoms. The molecule has 3 amide bonds. The fourth-order valence-electron chi connectivity index (χ4n) is 3.19. The Morgan fingerprint density at radius 2 is 2.22 bits per heavy atom. The predicted molar refractivity (Wildman–Crippen MR) is 88.8 cm³/mol. The molecule has 0 radical (unpaired) electrons. The molecule has 0 saturated carbocycles. The van der Waals surface area contributed by atoms with Gasteiger partial charge in [0, 0.05) is 38.0 Å². The third kappa shape index (κ3) is 3.82. The molecule has 1 aromatic rings. The summed E-state index contributed by atoms with van der Waals surface area (Å²) >= 11 is 0. The van der Waals surface area contributed by atoms with E-state index in [1.165, 1.54) is 0 Å². The van der Waals surface area contributed by atoms with Crippen LogP contribution in [0.15, 0.2) is 18.2 Å². The number of benzene rings is 1. The molecule has 1 saturated heterocycles. The van der Waals surface area contributed by atoms with E-state index in [-0.39, 0.29) is 18.0 Å². The first-order chi connectivity index (χ1) is 11.1. The zero-order valence-electron chi connectivity index (χ0n) is 13.4. The number of carbonyl (C=O) groups excluding carboxylic acids is 2. The number of hydrogen-bond donors (Lipinski definition) is 2. The first kappa shape index (κ1) is 15.8. The molecular weight excluding hydrogens is 294 g/mol. The molecule has 2 aliphatic rings. The van der Waals surface area contributed by atoms with E-state index in [4.69, 9.17) is 4.74 Å². The Morgan fingerprint density at radius 3 is 2.96 bits per heavy atom. The van der Waals surface area contributed by atoms with Gasteiger partial charge in [0.2, 0.25) is 5.91 Å². The summed E-state index contributed by atoms with van der Waals surface area (Å²) in [6.45, 7) is 3.66. The van der Waals surface area contributed by atoms with Crippen molar-refractivity contribution in [3.8, 4) is 0 Å². The van der Waals surface area contributed by atoms with E-state index < -0.39 is 0 Å². The fraction of sp³-hybridized carbons (Fsp3) is 0.529. The van der Waals surface area contributed by atoms with Crippen LogP contribution in [-0.2, 0) is 16.0 Å². The quantitative estimate of drug-likeness (QED) is 0.898. The first-order valence-electron chi connectivity index (χ1n) is 8.21. The number of nitrogens with one attached hydrogen (secondary N) is 2. The molecule has 0 aliphatic carbocycles. The summed E-state index contributed by atoms with van der Waals surface area (Å²) in [5.74, 6) is 0.0564. The highest BCUT2D eigenvalue weighted by molar-refractivity contribution is 5.94. The Bertz CT molecular complexity index is 597. The highest BCUT2D eigenvalue weighted by atomic mass is 16.5. The highest BCUT2D eigenvalue weighted by Gasteiger charge is 2.20. The van der Waals surface area contributed by atoms with Crippen LogP contribution in [0.2, 0.25) is 0 Å². The van der Waals surface area contributed by atoms with E-state index in [0.717, 1.165) is 55.8 Å². The van der Waals surface area contributed by atoms with Gasteiger partial charge in [-0.2, -0.15) is 0 Å². The van der Waals surface area contributed by atoms with Gasteiger partial charge < -0.3 is 20.3 Å². The van der Waals surface area contributed by atoms with Gasteiger partial charge in [-0.3, -0.25) is 4.79 Å². The van der Waals surface area contributed by atoms with Crippen molar-refractivity contribution in [2.45, 2.75) is 38.7 Å². The lowest BCUT2D eigenvalue weighted by Crippen LogP contribution is -2.35. The minimum Gasteiger partial charge on any atom is -0.376 e. The topological polar surface area (TPSA) is 70.7 Å². The second-order valence-corrected chi connectivity index (χ2v) is 6.09. The number of nitrogens with zero attached hydrogens (tertiary/aromatic N) is 1. The lowest BCUT2D eigenvalue weighted by atomic mass is 10.0. The van der Waals surface area contributed by atoms with E-state index in [1.54, 1.807) is 11.8 Å². The van der Waals surface area contributed by atoms with Crippen LogP contribution < -0.4 is 15.5 Å². The van der Waals surface area contributed by atoms with Gasteiger partial charge in [-0.05, 0) is 49.4 Å². The smallest absolute Gasteiger partial charge is 0.319 e. The van der Waals surface area contributed by atoms with Gasteiger partial charge >= 0.3 is 6.03 Å². The Morgan fingerprint density at radius 1 is 1.35 bits per heavy atom.